The molecule has 2 aromatic carbocycles. The lowest BCUT2D eigenvalue weighted by molar-refractivity contribution is 0.216. The maximum absolute atomic E-state index is 13.3. The van der Waals surface area contributed by atoms with Crippen LogP contribution < -0.4 is 4.72 Å². The summed E-state index contributed by atoms with van der Waals surface area (Å²) in [6.07, 6.45) is 0.744. The Labute approximate surface area is 149 Å². The Morgan fingerprint density at radius 2 is 1.72 bits per heavy atom. The van der Waals surface area contributed by atoms with E-state index < -0.39 is 15.8 Å². The van der Waals surface area contributed by atoms with E-state index in [-0.39, 0.29) is 17.5 Å². The lowest BCUT2D eigenvalue weighted by Gasteiger charge is -2.30. The molecule has 0 fully saturated rings. The van der Waals surface area contributed by atoms with Crippen LogP contribution in [-0.4, -0.2) is 39.0 Å². The third kappa shape index (κ3) is 5.63. The SMILES string of the molecule is CCN(CC)C(CNS(=O)(=O)c1cccc(F)c1)Cc1ccccc1. The van der Waals surface area contributed by atoms with Crippen LogP contribution in [0.2, 0.25) is 0 Å². The van der Waals surface area contributed by atoms with Crippen LogP contribution in [0.4, 0.5) is 4.39 Å². The minimum absolute atomic E-state index is 0.0285. The summed E-state index contributed by atoms with van der Waals surface area (Å²) in [5.41, 5.74) is 1.16. The number of sulfonamides is 1. The molecule has 1 unspecified atom stereocenters. The zero-order chi connectivity index (χ0) is 18.3. The van der Waals surface area contributed by atoms with E-state index in [1.807, 2.05) is 30.3 Å². The molecular weight excluding hydrogens is 339 g/mol. The van der Waals surface area contributed by atoms with E-state index in [9.17, 15) is 12.8 Å². The number of hydrogen-bond donors (Lipinski definition) is 1. The molecule has 2 rings (SSSR count). The van der Waals surface area contributed by atoms with E-state index in [0.717, 1.165) is 31.1 Å². The second kappa shape index (κ2) is 9.08. The van der Waals surface area contributed by atoms with Gasteiger partial charge in [0.25, 0.3) is 0 Å². The monoisotopic (exact) mass is 364 g/mol. The van der Waals surface area contributed by atoms with Crippen LogP contribution in [0.1, 0.15) is 19.4 Å². The number of rotatable bonds is 9. The first-order valence-electron chi connectivity index (χ1n) is 8.49. The van der Waals surface area contributed by atoms with Gasteiger partial charge in [-0.2, -0.15) is 0 Å². The van der Waals surface area contributed by atoms with Crippen molar-refractivity contribution >= 4 is 10.0 Å². The number of nitrogens with one attached hydrogen (secondary N) is 1. The van der Waals surface area contributed by atoms with Crippen molar-refractivity contribution in [2.75, 3.05) is 19.6 Å². The lowest BCUT2D eigenvalue weighted by atomic mass is 10.0. The molecule has 0 saturated heterocycles. The predicted octanol–water partition coefficient (Wildman–Crippen LogP) is 3.06. The fourth-order valence-corrected chi connectivity index (χ4v) is 3.98. The first kappa shape index (κ1) is 19.6. The van der Waals surface area contributed by atoms with Gasteiger partial charge in [0.1, 0.15) is 5.82 Å². The highest BCUT2D eigenvalue weighted by Crippen LogP contribution is 2.13. The molecule has 0 aliphatic rings. The standard InChI is InChI=1S/C19H25FN2O2S/c1-3-22(4-2)18(13-16-9-6-5-7-10-16)15-21-25(23,24)19-12-8-11-17(20)14-19/h5-12,14,18,21H,3-4,13,15H2,1-2H3. The fourth-order valence-electron chi connectivity index (χ4n) is 2.88. The predicted molar refractivity (Wildman–Crippen MR) is 98.4 cm³/mol. The summed E-state index contributed by atoms with van der Waals surface area (Å²) in [5, 5.41) is 0. The molecule has 0 heterocycles. The molecule has 136 valence electrons. The van der Waals surface area contributed by atoms with E-state index in [1.165, 1.54) is 18.2 Å². The topological polar surface area (TPSA) is 49.4 Å². The van der Waals surface area contributed by atoms with Gasteiger partial charge in [-0.15, -0.1) is 0 Å². The van der Waals surface area contributed by atoms with Crippen molar-refractivity contribution in [2.24, 2.45) is 0 Å². The van der Waals surface area contributed by atoms with E-state index in [4.69, 9.17) is 0 Å². The van der Waals surface area contributed by atoms with Crippen LogP contribution in [0.5, 0.6) is 0 Å². The molecule has 6 heteroatoms. The molecular formula is C19H25FN2O2S. The maximum atomic E-state index is 13.3. The number of nitrogens with zero attached hydrogens (tertiary/aromatic N) is 1. The molecule has 0 aliphatic heterocycles. The summed E-state index contributed by atoms with van der Waals surface area (Å²) in [7, 11) is -3.74. The summed E-state index contributed by atoms with van der Waals surface area (Å²) in [4.78, 5) is 2.17. The van der Waals surface area contributed by atoms with Gasteiger partial charge in [-0.1, -0.05) is 50.2 Å². The van der Waals surface area contributed by atoms with E-state index >= 15 is 0 Å². The highest BCUT2D eigenvalue weighted by atomic mass is 32.2. The van der Waals surface area contributed by atoms with Crippen molar-refractivity contribution in [1.82, 2.24) is 9.62 Å². The Hall–Kier alpha value is -1.76. The first-order valence-corrected chi connectivity index (χ1v) is 9.97. The molecule has 0 aromatic heterocycles. The molecule has 2 aromatic rings. The van der Waals surface area contributed by atoms with Gasteiger partial charge in [0.05, 0.1) is 4.90 Å². The summed E-state index contributed by atoms with van der Waals surface area (Å²) in [5.74, 6) is -0.563. The summed E-state index contributed by atoms with van der Waals surface area (Å²) in [6.45, 7) is 6.05. The Kier molecular flexibility index (Phi) is 7.11. The molecule has 1 atom stereocenters. The number of hydrogen-bond acceptors (Lipinski definition) is 3. The number of likely N-dealkylation sites (N-methyl/N-ethyl adjacent to an activating group) is 1. The number of benzene rings is 2. The van der Waals surface area contributed by atoms with Gasteiger partial charge in [-0.25, -0.2) is 17.5 Å². The minimum atomic E-state index is -3.74. The average Bonchev–Trinajstić information content (AvgIpc) is 2.61. The van der Waals surface area contributed by atoms with Crippen LogP contribution in [-0.2, 0) is 16.4 Å². The quantitative estimate of drug-likeness (QED) is 0.744. The van der Waals surface area contributed by atoms with Crippen molar-refractivity contribution in [3.8, 4) is 0 Å². The average molecular weight is 364 g/mol. The molecule has 0 saturated carbocycles. The van der Waals surface area contributed by atoms with Crippen molar-refractivity contribution in [3.63, 3.8) is 0 Å². The zero-order valence-electron chi connectivity index (χ0n) is 14.7. The van der Waals surface area contributed by atoms with Crippen LogP contribution >= 0.6 is 0 Å². The van der Waals surface area contributed by atoms with Gasteiger partial charge in [-0.3, -0.25) is 4.90 Å². The Morgan fingerprint density at radius 1 is 1.04 bits per heavy atom. The molecule has 0 aliphatic carbocycles. The summed E-state index contributed by atoms with van der Waals surface area (Å²) in [6, 6.07) is 15.1. The van der Waals surface area contributed by atoms with Crippen molar-refractivity contribution in [3.05, 3.63) is 66.0 Å². The second-order valence-corrected chi connectivity index (χ2v) is 7.64. The Morgan fingerprint density at radius 3 is 2.32 bits per heavy atom. The van der Waals surface area contributed by atoms with Gasteiger partial charge >= 0.3 is 0 Å². The molecule has 0 spiro atoms. The van der Waals surface area contributed by atoms with Gasteiger partial charge in [0.15, 0.2) is 0 Å². The van der Waals surface area contributed by atoms with Crippen molar-refractivity contribution in [2.45, 2.75) is 31.2 Å². The first-order chi connectivity index (χ1) is 12.0. The summed E-state index contributed by atoms with van der Waals surface area (Å²) >= 11 is 0. The maximum Gasteiger partial charge on any atom is 0.240 e. The van der Waals surface area contributed by atoms with Gasteiger partial charge in [-0.05, 0) is 43.3 Å². The highest BCUT2D eigenvalue weighted by molar-refractivity contribution is 7.89. The second-order valence-electron chi connectivity index (χ2n) is 5.87. The van der Waals surface area contributed by atoms with E-state index in [1.54, 1.807) is 0 Å². The zero-order valence-corrected chi connectivity index (χ0v) is 15.5. The summed E-state index contributed by atoms with van der Waals surface area (Å²) < 4.78 is 40.8. The highest BCUT2D eigenvalue weighted by Gasteiger charge is 2.21. The largest absolute Gasteiger partial charge is 0.299 e. The lowest BCUT2D eigenvalue weighted by Crippen LogP contribution is -2.45. The number of halogens is 1. The van der Waals surface area contributed by atoms with Crippen molar-refractivity contribution in [1.29, 1.82) is 0 Å². The van der Waals surface area contributed by atoms with E-state index in [2.05, 4.69) is 23.5 Å². The van der Waals surface area contributed by atoms with E-state index in [0.29, 0.717) is 0 Å². The molecule has 25 heavy (non-hydrogen) atoms. The minimum Gasteiger partial charge on any atom is -0.299 e. The third-order valence-electron chi connectivity index (χ3n) is 4.26. The Bertz CT molecular complexity index is 762. The smallest absolute Gasteiger partial charge is 0.240 e. The van der Waals surface area contributed by atoms with Crippen LogP contribution in [0.15, 0.2) is 59.5 Å². The van der Waals surface area contributed by atoms with Crippen LogP contribution in [0, 0.1) is 5.82 Å². The Balaban J connectivity index is 2.13. The molecule has 0 amide bonds. The van der Waals surface area contributed by atoms with Crippen molar-refractivity contribution < 1.29 is 12.8 Å². The van der Waals surface area contributed by atoms with Crippen LogP contribution in [0.3, 0.4) is 0 Å². The van der Waals surface area contributed by atoms with Gasteiger partial charge < -0.3 is 0 Å². The van der Waals surface area contributed by atoms with Gasteiger partial charge in [0.2, 0.25) is 10.0 Å². The molecule has 0 bridgehead atoms. The third-order valence-corrected chi connectivity index (χ3v) is 5.68. The van der Waals surface area contributed by atoms with Gasteiger partial charge in [0, 0.05) is 12.6 Å². The molecule has 1 N–H and O–H groups in total. The fraction of sp³-hybridized carbons (Fsp3) is 0.368. The molecule has 4 nitrogen and oxygen atoms in total. The normalized spacial score (nSPS) is 13.1. The molecule has 0 radical (unpaired) electrons. The van der Waals surface area contributed by atoms with Crippen LogP contribution in [0.25, 0.3) is 0 Å².